The van der Waals surface area contributed by atoms with Crippen LogP contribution in [0.15, 0.2) is 18.2 Å². The Kier molecular flexibility index (Phi) is 4.28. The molecule has 2 N–H and O–H groups in total. The fraction of sp³-hybridized carbons (Fsp3) is 0.562. The van der Waals surface area contributed by atoms with Crippen LogP contribution in [0.4, 0.5) is 10.1 Å². The van der Waals surface area contributed by atoms with E-state index in [1.165, 1.54) is 6.07 Å². The molecule has 0 radical (unpaired) electrons. The molecule has 0 aromatic heterocycles. The van der Waals surface area contributed by atoms with Crippen molar-refractivity contribution in [1.29, 1.82) is 0 Å². The van der Waals surface area contributed by atoms with Crippen LogP contribution in [-0.4, -0.2) is 35.7 Å². The number of hydrogen-bond acceptors (Lipinski definition) is 3. The van der Waals surface area contributed by atoms with Crippen LogP contribution in [0.25, 0.3) is 0 Å². The highest BCUT2D eigenvalue weighted by Crippen LogP contribution is 2.30. The molecule has 22 heavy (non-hydrogen) atoms. The van der Waals surface area contributed by atoms with Gasteiger partial charge in [-0.3, -0.25) is 4.79 Å². The van der Waals surface area contributed by atoms with Gasteiger partial charge in [-0.15, -0.1) is 0 Å². The lowest BCUT2D eigenvalue weighted by Gasteiger charge is -2.24. The Morgan fingerprint density at radius 2 is 2.14 bits per heavy atom. The predicted molar refractivity (Wildman–Crippen MR) is 83.6 cm³/mol. The zero-order valence-corrected chi connectivity index (χ0v) is 13.1. The number of carbonyl (C=O) groups is 1. The van der Waals surface area contributed by atoms with Gasteiger partial charge < -0.3 is 15.3 Å². The van der Waals surface area contributed by atoms with Crippen molar-refractivity contribution in [3.63, 3.8) is 0 Å². The molecule has 1 aromatic carbocycles. The van der Waals surface area contributed by atoms with Crippen molar-refractivity contribution in [3.8, 4) is 0 Å². The van der Waals surface area contributed by atoms with E-state index >= 15 is 0 Å². The fourth-order valence-electron chi connectivity index (χ4n) is 3.30. The van der Waals surface area contributed by atoms with Crippen LogP contribution in [0.3, 0.4) is 0 Å². The maximum absolute atomic E-state index is 13.2. The van der Waals surface area contributed by atoms with Gasteiger partial charge in [0.1, 0.15) is 11.4 Å². The number of benzene rings is 1. The molecule has 1 aliphatic carbocycles. The molecule has 1 atom stereocenters. The molecule has 1 unspecified atom stereocenters. The Labute approximate surface area is 134 Å². The third kappa shape index (κ3) is 3.06. The summed E-state index contributed by atoms with van der Waals surface area (Å²) in [6.07, 6.45) is 3.69. The number of carbonyl (C=O) groups excluding carboxylic acids is 1. The SMILES string of the molecule is O=C(NC1CCN(c2ccc(F)c(Cl)c2)C1)C1(O)CCCC1. The molecule has 120 valence electrons. The van der Waals surface area contributed by atoms with Crippen LogP contribution in [0, 0.1) is 5.82 Å². The second-order valence-electron chi connectivity index (χ2n) is 6.24. The van der Waals surface area contributed by atoms with Gasteiger partial charge in [0, 0.05) is 24.8 Å². The summed E-state index contributed by atoms with van der Waals surface area (Å²) >= 11 is 5.81. The van der Waals surface area contributed by atoms with Crippen molar-refractivity contribution in [2.24, 2.45) is 0 Å². The zero-order chi connectivity index (χ0) is 15.7. The molecule has 1 aliphatic heterocycles. The number of nitrogens with one attached hydrogen (secondary N) is 1. The number of hydrogen-bond donors (Lipinski definition) is 2. The summed E-state index contributed by atoms with van der Waals surface area (Å²) in [5.74, 6) is -0.688. The normalized spacial score (nSPS) is 23.8. The van der Waals surface area contributed by atoms with Gasteiger partial charge in [0.05, 0.1) is 5.02 Å². The number of amides is 1. The average molecular weight is 327 g/mol. The first-order valence-electron chi connectivity index (χ1n) is 7.71. The Morgan fingerprint density at radius 3 is 2.82 bits per heavy atom. The summed E-state index contributed by atoms with van der Waals surface area (Å²) in [5.41, 5.74) is -0.338. The van der Waals surface area contributed by atoms with Crippen molar-refractivity contribution in [2.75, 3.05) is 18.0 Å². The highest BCUT2D eigenvalue weighted by Gasteiger charge is 2.40. The number of aliphatic hydroxyl groups is 1. The van der Waals surface area contributed by atoms with Gasteiger partial charge >= 0.3 is 0 Å². The standard InChI is InChI=1S/C16H20ClFN2O2/c17-13-9-12(3-4-14(13)18)20-8-5-11(10-20)19-15(21)16(22)6-1-2-7-16/h3-4,9,11,22H,1-2,5-8,10H2,(H,19,21). The average Bonchev–Trinajstić information content (AvgIpc) is 3.12. The Morgan fingerprint density at radius 1 is 1.41 bits per heavy atom. The molecule has 1 aromatic rings. The molecule has 1 saturated heterocycles. The molecule has 4 nitrogen and oxygen atoms in total. The molecule has 1 amide bonds. The van der Waals surface area contributed by atoms with Crippen molar-refractivity contribution >= 4 is 23.2 Å². The van der Waals surface area contributed by atoms with Gasteiger partial charge in [-0.25, -0.2) is 4.39 Å². The number of halogens is 2. The van der Waals surface area contributed by atoms with Crippen molar-refractivity contribution in [1.82, 2.24) is 5.32 Å². The minimum atomic E-state index is -1.19. The van der Waals surface area contributed by atoms with Gasteiger partial charge in [0.25, 0.3) is 5.91 Å². The number of nitrogens with zero attached hydrogens (tertiary/aromatic N) is 1. The van der Waals surface area contributed by atoms with E-state index in [-0.39, 0.29) is 17.0 Å². The Bertz CT molecular complexity index is 575. The van der Waals surface area contributed by atoms with E-state index < -0.39 is 11.4 Å². The number of rotatable bonds is 3. The predicted octanol–water partition coefficient (Wildman–Crippen LogP) is 2.48. The van der Waals surface area contributed by atoms with Crippen LogP contribution in [0.5, 0.6) is 0 Å². The first-order valence-corrected chi connectivity index (χ1v) is 8.09. The third-order valence-electron chi connectivity index (χ3n) is 4.65. The molecular formula is C16H20ClFN2O2. The summed E-state index contributed by atoms with van der Waals surface area (Å²) in [7, 11) is 0. The van der Waals surface area contributed by atoms with Crippen LogP contribution in [0.1, 0.15) is 32.1 Å². The molecular weight excluding hydrogens is 307 g/mol. The minimum absolute atomic E-state index is 0.000883. The molecule has 3 rings (SSSR count). The van der Waals surface area contributed by atoms with Crippen molar-refractivity contribution in [3.05, 3.63) is 29.0 Å². The van der Waals surface area contributed by atoms with Gasteiger partial charge in [0.15, 0.2) is 0 Å². The molecule has 0 bridgehead atoms. The third-order valence-corrected chi connectivity index (χ3v) is 4.93. The van der Waals surface area contributed by atoms with Gasteiger partial charge in [-0.2, -0.15) is 0 Å². The molecule has 1 saturated carbocycles. The van der Waals surface area contributed by atoms with Crippen molar-refractivity contribution in [2.45, 2.75) is 43.7 Å². The molecule has 2 aliphatic rings. The van der Waals surface area contributed by atoms with Gasteiger partial charge in [0.2, 0.25) is 0 Å². The summed E-state index contributed by atoms with van der Waals surface area (Å²) in [6, 6.07) is 4.65. The fourth-order valence-corrected chi connectivity index (χ4v) is 3.48. The summed E-state index contributed by atoms with van der Waals surface area (Å²) in [4.78, 5) is 14.3. The molecule has 6 heteroatoms. The van der Waals surface area contributed by atoms with Crippen LogP contribution >= 0.6 is 11.6 Å². The van der Waals surface area contributed by atoms with E-state index in [1.54, 1.807) is 12.1 Å². The summed E-state index contributed by atoms with van der Waals surface area (Å²) < 4.78 is 13.2. The smallest absolute Gasteiger partial charge is 0.252 e. The lowest BCUT2D eigenvalue weighted by atomic mass is 10.0. The minimum Gasteiger partial charge on any atom is -0.380 e. The zero-order valence-electron chi connectivity index (χ0n) is 12.3. The van der Waals surface area contributed by atoms with E-state index in [1.807, 2.05) is 0 Å². The highest BCUT2D eigenvalue weighted by molar-refractivity contribution is 6.31. The van der Waals surface area contributed by atoms with Crippen molar-refractivity contribution < 1.29 is 14.3 Å². The van der Waals surface area contributed by atoms with E-state index in [0.29, 0.717) is 19.4 Å². The summed E-state index contributed by atoms with van der Waals surface area (Å²) in [6.45, 7) is 1.41. The molecule has 2 fully saturated rings. The second-order valence-corrected chi connectivity index (χ2v) is 6.65. The van der Waals surface area contributed by atoms with E-state index in [4.69, 9.17) is 11.6 Å². The monoisotopic (exact) mass is 326 g/mol. The van der Waals surface area contributed by atoms with Crippen LogP contribution in [0.2, 0.25) is 5.02 Å². The lowest BCUT2D eigenvalue weighted by molar-refractivity contribution is -0.139. The molecule has 0 spiro atoms. The summed E-state index contributed by atoms with van der Waals surface area (Å²) in [5, 5.41) is 13.3. The Balaban J connectivity index is 1.60. The highest BCUT2D eigenvalue weighted by atomic mass is 35.5. The maximum Gasteiger partial charge on any atom is 0.252 e. The van der Waals surface area contributed by atoms with E-state index in [9.17, 15) is 14.3 Å². The van der Waals surface area contributed by atoms with Gasteiger partial charge in [-0.05, 0) is 50.3 Å². The van der Waals surface area contributed by atoms with E-state index in [0.717, 1.165) is 31.5 Å². The van der Waals surface area contributed by atoms with Crippen LogP contribution in [-0.2, 0) is 4.79 Å². The molecule has 1 heterocycles. The van der Waals surface area contributed by atoms with Crippen LogP contribution < -0.4 is 10.2 Å². The van der Waals surface area contributed by atoms with Gasteiger partial charge in [-0.1, -0.05) is 11.6 Å². The first kappa shape index (κ1) is 15.6. The first-order chi connectivity index (χ1) is 10.5. The quantitative estimate of drug-likeness (QED) is 0.897. The lowest BCUT2D eigenvalue weighted by Crippen LogP contribution is -2.49. The topological polar surface area (TPSA) is 52.6 Å². The Hall–Kier alpha value is -1.33. The second kappa shape index (κ2) is 6.05. The largest absolute Gasteiger partial charge is 0.380 e. The maximum atomic E-state index is 13.2. The number of anilines is 1. The van der Waals surface area contributed by atoms with E-state index in [2.05, 4.69) is 10.2 Å².